The number of esters is 2. The number of hydrogen-bond acceptors (Lipinski definition) is 4. The molecule has 4 heteroatoms. The van der Waals surface area contributed by atoms with Crippen molar-refractivity contribution in [2.45, 2.75) is 66.1 Å². The first-order valence-corrected chi connectivity index (χ1v) is 7.24. The van der Waals surface area contributed by atoms with Crippen LogP contribution < -0.4 is 0 Å². The lowest BCUT2D eigenvalue weighted by atomic mass is 9.72. The van der Waals surface area contributed by atoms with Crippen LogP contribution >= 0.6 is 0 Å². The SMILES string of the molecule is CC(C)OC(=O)C1CCCC(C)C1C(=O)OC(C)C. The number of carbonyl (C=O) groups is 2. The van der Waals surface area contributed by atoms with E-state index < -0.39 is 0 Å². The maximum Gasteiger partial charge on any atom is 0.310 e. The molecule has 0 aliphatic heterocycles. The minimum absolute atomic E-state index is 0.147. The Hall–Kier alpha value is -1.06. The van der Waals surface area contributed by atoms with Gasteiger partial charge >= 0.3 is 11.9 Å². The van der Waals surface area contributed by atoms with E-state index in [0.717, 1.165) is 12.8 Å². The first-order chi connectivity index (χ1) is 8.82. The molecule has 0 amide bonds. The first kappa shape index (κ1) is 16.0. The largest absolute Gasteiger partial charge is 0.463 e. The fraction of sp³-hybridized carbons (Fsp3) is 0.867. The quantitative estimate of drug-likeness (QED) is 0.737. The Kier molecular flexibility index (Phi) is 5.83. The van der Waals surface area contributed by atoms with Crippen molar-refractivity contribution in [1.82, 2.24) is 0 Å². The van der Waals surface area contributed by atoms with E-state index in [4.69, 9.17) is 9.47 Å². The summed E-state index contributed by atoms with van der Waals surface area (Å²) >= 11 is 0. The highest BCUT2D eigenvalue weighted by Gasteiger charge is 2.42. The fourth-order valence-corrected chi connectivity index (χ4v) is 2.71. The van der Waals surface area contributed by atoms with Gasteiger partial charge in [0.15, 0.2) is 0 Å². The molecule has 0 bridgehead atoms. The summed E-state index contributed by atoms with van der Waals surface area (Å²) < 4.78 is 10.6. The van der Waals surface area contributed by atoms with Crippen molar-refractivity contribution in [2.24, 2.45) is 17.8 Å². The highest BCUT2D eigenvalue weighted by Crippen LogP contribution is 2.36. The fourth-order valence-electron chi connectivity index (χ4n) is 2.71. The summed E-state index contributed by atoms with van der Waals surface area (Å²) in [7, 11) is 0. The minimum atomic E-state index is -0.359. The molecule has 1 aliphatic rings. The summed E-state index contributed by atoms with van der Waals surface area (Å²) in [5.74, 6) is -1.05. The number of ether oxygens (including phenoxy) is 2. The second-order valence-corrected chi connectivity index (χ2v) is 6.01. The third kappa shape index (κ3) is 4.51. The molecule has 0 heterocycles. The van der Waals surface area contributed by atoms with Gasteiger partial charge in [-0.3, -0.25) is 9.59 Å². The zero-order valence-corrected chi connectivity index (χ0v) is 12.6. The van der Waals surface area contributed by atoms with Crippen LogP contribution in [0.1, 0.15) is 53.9 Å². The summed E-state index contributed by atoms with van der Waals surface area (Å²) in [5, 5.41) is 0. The summed E-state index contributed by atoms with van der Waals surface area (Å²) in [6.45, 7) is 9.32. The van der Waals surface area contributed by atoms with Crippen LogP contribution in [0.4, 0.5) is 0 Å². The Morgan fingerprint density at radius 1 is 0.947 bits per heavy atom. The lowest BCUT2D eigenvalue weighted by Crippen LogP contribution is -2.40. The van der Waals surface area contributed by atoms with Gasteiger partial charge in [-0.05, 0) is 46.5 Å². The molecule has 0 saturated heterocycles. The third-order valence-electron chi connectivity index (χ3n) is 3.50. The molecule has 1 saturated carbocycles. The molecule has 3 unspecified atom stereocenters. The van der Waals surface area contributed by atoms with Crippen molar-refractivity contribution in [1.29, 1.82) is 0 Å². The van der Waals surface area contributed by atoms with Gasteiger partial charge in [0.05, 0.1) is 24.0 Å². The van der Waals surface area contributed by atoms with Gasteiger partial charge in [-0.1, -0.05) is 13.3 Å². The van der Waals surface area contributed by atoms with Gasteiger partial charge in [0, 0.05) is 0 Å². The smallest absolute Gasteiger partial charge is 0.310 e. The summed E-state index contributed by atoms with van der Waals surface area (Å²) in [4.78, 5) is 24.3. The minimum Gasteiger partial charge on any atom is -0.463 e. The molecule has 1 aliphatic carbocycles. The summed E-state index contributed by atoms with van der Waals surface area (Å²) in [6.07, 6.45) is 2.34. The normalized spacial score (nSPS) is 27.4. The van der Waals surface area contributed by atoms with Crippen LogP contribution in [0.2, 0.25) is 0 Å². The van der Waals surface area contributed by atoms with Crippen LogP contribution in [0.25, 0.3) is 0 Å². The third-order valence-corrected chi connectivity index (χ3v) is 3.50. The van der Waals surface area contributed by atoms with E-state index in [2.05, 4.69) is 0 Å². The highest BCUT2D eigenvalue weighted by molar-refractivity contribution is 5.82. The van der Waals surface area contributed by atoms with Crippen LogP contribution in [0, 0.1) is 17.8 Å². The van der Waals surface area contributed by atoms with Crippen molar-refractivity contribution >= 4 is 11.9 Å². The number of rotatable bonds is 4. The lowest BCUT2D eigenvalue weighted by molar-refractivity contribution is -0.169. The van der Waals surface area contributed by atoms with Crippen LogP contribution in [-0.4, -0.2) is 24.1 Å². The predicted octanol–water partition coefficient (Wildman–Crippen LogP) is 2.94. The van der Waals surface area contributed by atoms with Gasteiger partial charge in [0.25, 0.3) is 0 Å². The lowest BCUT2D eigenvalue weighted by Gasteiger charge is -2.34. The molecule has 110 valence electrons. The predicted molar refractivity (Wildman–Crippen MR) is 72.5 cm³/mol. The van der Waals surface area contributed by atoms with Gasteiger partial charge in [0.2, 0.25) is 0 Å². The van der Waals surface area contributed by atoms with Gasteiger partial charge < -0.3 is 9.47 Å². The van der Waals surface area contributed by atoms with Crippen LogP contribution in [-0.2, 0) is 19.1 Å². The molecule has 1 rings (SSSR count). The van der Waals surface area contributed by atoms with E-state index in [-0.39, 0.29) is 41.9 Å². The standard InChI is InChI=1S/C15H26O4/c1-9(2)18-14(16)12-8-6-7-11(5)13(12)15(17)19-10(3)4/h9-13H,6-8H2,1-5H3. The molecule has 1 fully saturated rings. The van der Waals surface area contributed by atoms with Crippen LogP contribution in [0.15, 0.2) is 0 Å². The van der Waals surface area contributed by atoms with Gasteiger partial charge in [-0.15, -0.1) is 0 Å². The van der Waals surface area contributed by atoms with Crippen LogP contribution in [0.5, 0.6) is 0 Å². The zero-order chi connectivity index (χ0) is 14.6. The summed E-state index contributed by atoms with van der Waals surface area (Å²) in [6, 6.07) is 0. The Morgan fingerprint density at radius 3 is 2.00 bits per heavy atom. The Balaban J connectivity index is 2.80. The average molecular weight is 270 g/mol. The Bertz CT molecular complexity index is 322. The molecule has 0 aromatic rings. The van der Waals surface area contributed by atoms with Gasteiger partial charge in [-0.2, -0.15) is 0 Å². The van der Waals surface area contributed by atoms with E-state index in [1.807, 2.05) is 34.6 Å². The molecule has 0 radical (unpaired) electrons. The van der Waals surface area contributed by atoms with Crippen molar-refractivity contribution in [3.8, 4) is 0 Å². The maximum absolute atomic E-state index is 12.2. The van der Waals surface area contributed by atoms with E-state index in [1.165, 1.54) is 0 Å². The number of hydrogen-bond donors (Lipinski definition) is 0. The molecular weight excluding hydrogens is 244 g/mol. The molecule has 19 heavy (non-hydrogen) atoms. The molecule has 0 spiro atoms. The molecular formula is C15H26O4. The average Bonchev–Trinajstić information content (AvgIpc) is 2.26. The zero-order valence-electron chi connectivity index (χ0n) is 12.6. The highest BCUT2D eigenvalue weighted by atomic mass is 16.6. The van der Waals surface area contributed by atoms with E-state index in [9.17, 15) is 9.59 Å². The van der Waals surface area contributed by atoms with Gasteiger partial charge in [-0.25, -0.2) is 0 Å². The second kappa shape index (κ2) is 6.92. The van der Waals surface area contributed by atoms with E-state index in [0.29, 0.717) is 6.42 Å². The monoisotopic (exact) mass is 270 g/mol. The molecule has 0 aromatic heterocycles. The maximum atomic E-state index is 12.2. The number of carbonyl (C=O) groups excluding carboxylic acids is 2. The van der Waals surface area contributed by atoms with Crippen molar-refractivity contribution in [3.63, 3.8) is 0 Å². The molecule has 3 atom stereocenters. The molecule has 0 aromatic carbocycles. The van der Waals surface area contributed by atoms with Crippen molar-refractivity contribution in [3.05, 3.63) is 0 Å². The first-order valence-electron chi connectivity index (χ1n) is 7.24. The van der Waals surface area contributed by atoms with E-state index in [1.54, 1.807) is 0 Å². The van der Waals surface area contributed by atoms with Gasteiger partial charge in [0.1, 0.15) is 0 Å². The van der Waals surface area contributed by atoms with Crippen molar-refractivity contribution < 1.29 is 19.1 Å². The molecule has 0 N–H and O–H groups in total. The topological polar surface area (TPSA) is 52.6 Å². The van der Waals surface area contributed by atoms with Crippen molar-refractivity contribution in [2.75, 3.05) is 0 Å². The Morgan fingerprint density at radius 2 is 1.47 bits per heavy atom. The van der Waals surface area contributed by atoms with E-state index >= 15 is 0 Å². The summed E-state index contributed by atoms with van der Waals surface area (Å²) in [5.41, 5.74) is 0. The second-order valence-electron chi connectivity index (χ2n) is 6.01. The van der Waals surface area contributed by atoms with Crippen LogP contribution in [0.3, 0.4) is 0 Å². The molecule has 4 nitrogen and oxygen atoms in total. The Labute approximate surface area is 115 Å².